The predicted molar refractivity (Wildman–Crippen MR) is 146 cm³/mol. The first-order chi connectivity index (χ1) is 20.7. The van der Waals surface area contributed by atoms with E-state index in [1.807, 2.05) is 5.32 Å². The van der Waals surface area contributed by atoms with E-state index in [1.54, 1.807) is 0 Å². The van der Waals surface area contributed by atoms with Crippen molar-refractivity contribution in [2.24, 2.45) is 5.92 Å². The highest BCUT2D eigenvalue weighted by Gasteiger charge is 2.67. The summed E-state index contributed by atoms with van der Waals surface area (Å²) in [6.45, 7) is 0. The van der Waals surface area contributed by atoms with Crippen LogP contribution in [-0.4, -0.2) is 28.2 Å². The third kappa shape index (κ3) is 7.59. The van der Waals surface area contributed by atoms with Gasteiger partial charge in [-0.15, -0.1) is 23.2 Å². The Labute approximate surface area is 261 Å². The summed E-state index contributed by atoms with van der Waals surface area (Å²) in [4.78, 5) is 37.4. The Morgan fingerprint density at radius 2 is 1.47 bits per heavy atom. The fraction of sp³-hybridized carbons (Fsp3) is 0.222. The van der Waals surface area contributed by atoms with Gasteiger partial charge in [0.05, 0.1) is 27.8 Å². The number of benzene rings is 3. The number of hydrogen-bond acceptors (Lipinski definition) is 3. The first kappa shape index (κ1) is 34.2. The van der Waals surface area contributed by atoms with Gasteiger partial charge in [-0.1, -0.05) is 17.7 Å². The van der Waals surface area contributed by atoms with Gasteiger partial charge < -0.3 is 16.0 Å². The van der Waals surface area contributed by atoms with Gasteiger partial charge >= 0.3 is 12.4 Å². The molecule has 1 aliphatic rings. The first-order valence-corrected chi connectivity index (χ1v) is 13.3. The normalized spacial score (nSPS) is 17.4. The Hall–Kier alpha value is -3.69. The van der Waals surface area contributed by atoms with Crippen LogP contribution in [0.3, 0.4) is 0 Å². The molecule has 3 N–H and O–H groups in total. The third-order valence-electron chi connectivity index (χ3n) is 6.43. The van der Waals surface area contributed by atoms with E-state index in [0.717, 1.165) is 24.3 Å². The summed E-state index contributed by atoms with van der Waals surface area (Å²) < 4.78 is 118. The van der Waals surface area contributed by atoms with Crippen LogP contribution in [-0.2, 0) is 15.8 Å². The zero-order valence-electron chi connectivity index (χ0n) is 21.7. The van der Waals surface area contributed by atoms with Crippen LogP contribution >= 0.6 is 34.8 Å². The topological polar surface area (TPSA) is 87.3 Å². The summed E-state index contributed by atoms with van der Waals surface area (Å²) in [7, 11) is 0. The van der Waals surface area contributed by atoms with Crippen LogP contribution in [0.1, 0.15) is 33.8 Å². The molecular formula is C27H15Cl3F9N3O3. The van der Waals surface area contributed by atoms with E-state index < -0.39 is 92.6 Å². The van der Waals surface area contributed by atoms with E-state index in [-0.39, 0.29) is 16.3 Å². The zero-order valence-corrected chi connectivity index (χ0v) is 24.0. The van der Waals surface area contributed by atoms with Gasteiger partial charge in [-0.05, 0) is 48.0 Å². The van der Waals surface area contributed by atoms with Crippen molar-refractivity contribution < 1.29 is 53.9 Å². The second-order valence-electron chi connectivity index (χ2n) is 9.63. The Morgan fingerprint density at radius 3 is 2.09 bits per heavy atom. The molecule has 0 bridgehead atoms. The Morgan fingerprint density at radius 1 is 0.822 bits per heavy atom. The maximum atomic E-state index is 14.9. The molecule has 0 heterocycles. The average Bonchev–Trinajstić information content (AvgIpc) is 3.49. The van der Waals surface area contributed by atoms with Gasteiger partial charge in [0, 0.05) is 11.6 Å². The number of hydrogen-bond donors (Lipinski definition) is 3. The number of nitrogens with one attached hydrogen (secondary N) is 3. The van der Waals surface area contributed by atoms with E-state index in [0.29, 0.717) is 18.2 Å². The van der Waals surface area contributed by atoms with Gasteiger partial charge in [-0.3, -0.25) is 14.4 Å². The number of amides is 3. The van der Waals surface area contributed by atoms with Crippen LogP contribution in [0.4, 0.5) is 56.6 Å². The standard InChI is InChI=1S/C27H15Cl3F9N3O3/c28-14-3-2-11(40-24(45)20-19(26(20,29)30)10-1-4-15(31)13(7-10)27(37,38)39)8-12(14)23(44)41-17-6-5-16(32)22(21(17)33)42-18(43)9-25(34,35)36/h1-8,19-20H,9H2,(H,40,45)(H,41,44)(H,42,43)/t19-,20+/m0/s1. The van der Waals surface area contributed by atoms with Crippen LogP contribution in [0.5, 0.6) is 0 Å². The number of carbonyl (C=O) groups excluding carboxylic acids is 3. The molecule has 0 unspecified atom stereocenters. The van der Waals surface area contributed by atoms with Crippen molar-refractivity contribution in [2.45, 2.75) is 29.0 Å². The fourth-order valence-corrected chi connectivity index (χ4v) is 5.37. The van der Waals surface area contributed by atoms with Crippen molar-refractivity contribution in [3.63, 3.8) is 0 Å². The van der Waals surface area contributed by atoms with E-state index in [1.165, 1.54) is 11.4 Å². The number of halogens is 12. The number of anilines is 3. The van der Waals surface area contributed by atoms with Crippen LogP contribution in [0.2, 0.25) is 5.02 Å². The maximum absolute atomic E-state index is 14.9. The monoisotopic (exact) mass is 705 g/mol. The smallest absolute Gasteiger partial charge is 0.326 e. The lowest BCUT2D eigenvalue weighted by atomic mass is 10.0. The molecule has 1 aliphatic carbocycles. The molecule has 4 rings (SSSR count). The number of rotatable bonds is 7. The molecule has 1 fully saturated rings. The summed E-state index contributed by atoms with van der Waals surface area (Å²) in [6, 6.07) is 6.67. The van der Waals surface area contributed by atoms with Crippen molar-refractivity contribution in [3.8, 4) is 0 Å². The van der Waals surface area contributed by atoms with Crippen molar-refractivity contribution in [1.82, 2.24) is 0 Å². The highest BCUT2D eigenvalue weighted by atomic mass is 35.5. The van der Waals surface area contributed by atoms with Gasteiger partial charge in [0.25, 0.3) is 5.91 Å². The minimum absolute atomic E-state index is 0.112. The van der Waals surface area contributed by atoms with Crippen LogP contribution in [0.25, 0.3) is 0 Å². The minimum Gasteiger partial charge on any atom is -0.326 e. The van der Waals surface area contributed by atoms with Crippen molar-refractivity contribution >= 4 is 69.6 Å². The van der Waals surface area contributed by atoms with Crippen molar-refractivity contribution in [3.05, 3.63) is 87.7 Å². The quantitative estimate of drug-likeness (QED) is 0.170. The Bertz CT molecular complexity index is 1700. The molecule has 2 atom stereocenters. The zero-order chi connectivity index (χ0) is 33.6. The van der Waals surface area contributed by atoms with Gasteiger partial charge in [0.2, 0.25) is 11.8 Å². The molecule has 240 valence electrons. The lowest BCUT2D eigenvalue weighted by molar-refractivity contribution is -0.150. The first-order valence-electron chi connectivity index (χ1n) is 12.2. The molecule has 3 amide bonds. The summed E-state index contributed by atoms with van der Waals surface area (Å²) in [6.07, 6.45) is -12.0. The average molecular weight is 707 g/mol. The number of alkyl halides is 8. The van der Waals surface area contributed by atoms with Gasteiger partial charge in [0.15, 0.2) is 5.82 Å². The van der Waals surface area contributed by atoms with Gasteiger partial charge in [-0.25, -0.2) is 13.2 Å². The molecule has 3 aromatic carbocycles. The number of carbonyl (C=O) groups is 3. The summed E-state index contributed by atoms with van der Waals surface area (Å²) in [5.41, 5.74) is -4.29. The minimum atomic E-state index is -5.03. The second-order valence-corrected chi connectivity index (χ2v) is 11.5. The van der Waals surface area contributed by atoms with Crippen molar-refractivity contribution in [1.29, 1.82) is 0 Å². The summed E-state index contributed by atoms with van der Waals surface area (Å²) in [5, 5.41) is 5.59. The van der Waals surface area contributed by atoms with E-state index in [2.05, 4.69) is 5.32 Å². The second kappa shape index (κ2) is 12.2. The van der Waals surface area contributed by atoms with E-state index in [4.69, 9.17) is 34.8 Å². The van der Waals surface area contributed by atoms with Gasteiger partial charge in [0.1, 0.15) is 28.1 Å². The highest BCUT2D eigenvalue weighted by Crippen LogP contribution is 2.65. The van der Waals surface area contributed by atoms with E-state index in [9.17, 15) is 53.9 Å². The Balaban J connectivity index is 1.51. The van der Waals surface area contributed by atoms with Gasteiger partial charge in [-0.2, -0.15) is 26.3 Å². The third-order valence-corrected chi connectivity index (χ3v) is 7.70. The Kier molecular flexibility index (Phi) is 9.31. The molecule has 45 heavy (non-hydrogen) atoms. The molecule has 3 aromatic rings. The largest absolute Gasteiger partial charge is 0.419 e. The lowest BCUT2D eigenvalue weighted by Crippen LogP contribution is -2.23. The summed E-state index contributed by atoms with van der Waals surface area (Å²) >= 11 is 18.4. The molecular weight excluding hydrogens is 692 g/mol. The SMILES string of the molecule is O=C(CC(F)(F)F)Nc1c(F)ccc(NC(=O)c2cc(NC(=O)[C@H]3[C@H](c4ccc(F)c(C(F)(F)F)c4)C3(Cl)Cl)ccc2Cl)c1F. The molecule has 18 heteroatoms. The highest BCUT2D eigenvalue weighted by molar-refractivity contribution is 6.53. The van der Waals surface area contributed by atoms with Crippen LogP contribution < -0.4 is 16.0 Å². The molecule has 0 radical (unpaired) electrons. The van der Waals surface area contributed by atoms with Crippen LogP contribution in [0.15, 0.2) is 48.5 Å². The van der Waals surface area contributed by atoms with Crippen molar-refractivity contribution in [2.75, 3.05) is 16.0 Å². The molecule has 0 aromatic heterocycles. The van der Waals surface area contributed by atoms with Crippen LogP contribution in [0, 0.1) is 23.4 Å². The molecule has 0 spiro atoms. The van der Waals surface area contributed by atoms with E-state index >= 15 is 0 Å². The molecule has 0 aliphatic heterocycles. The summed E-state index contributed by atoms with van der Waals surface area (Å²) in [5.74, 6) is -10.9. The molecule has 1 saturated carbocycles. The maximum Gasteiger partial charge on any atom is 0.419 e. The molecule has 6 nitrogen and oxygen atoms in total. The molecule has 0 saturated heterocycles. The fourth-order valence-electron chi connectivity index (χ4n) is 4.34. The predicted octanol–water partition coefficient (Wildman–Crippen LogP) is 8.45. The lowest BCUT2D eigenvalue weighted by Gasteiger charge is -2.14.